The molecule has 0 saturated carbocycles. The van der Waals surface area contributed by atoms with Gasteiger partial charge in [-0.05, 0) is 6.42 Å². The average Bonchev–Trinajstić information content (AvgIpc) is 2.37. The van der Waals surface area contributed by atoms with Crippen molar-refractivity contribution in [2.75, 3.05) is 6.61 Å². The molecule has 0 N–H and O–H groups in total. The van der Waals surface area contributed by atoms with Gasteiger partial charge in [0.25, 0.3) is 0 Å². The highest BCUT2D eigenvalue weighted by molar-refractivity contribution is 5.77. The first-order chi connectivity index (χ1) is 4.86. The number of rotatable bonds is 3. The Hall–Kier alpha value is -0.530. The van der Waals surface area contributed by atoms with E-state index in [1.807, 2.05) is 0 Å². The summed E-state index contributed by atoms with van der Waals surface area (Å²) in [5.74, 6) is 0.943. The largest absolute Gasteiger partial charge is 0.479 e. The Labute approximate surface area is 62.3 Å². The highest BCUT2D eigenvalue weighted by atomic mass is 16.5. The van der Waals surface area contributed by atoms with Crippen LogP contribution < -0.4 is 0 Å². The molecular formula is C8H15NO. The van der Waals surface area contributed by atoms with Crippen molar-refractivity contribution in [3.05, 3.63) is 0 Å². The molecule has 0 aliphatic carbocycles. The van der Waals surface area contributed by atoms with Crippen LogP contribution >= 0.6 is 0 Å². The molecular weight excluding hydrogens is 126 g/mol. The molecule has 1 aliphatic heterocycles. The van der Waals surface area contributed by atoms with E-state index < -0.39 is 0 Å². The van der Waals surface area contributed by atoms with Gasteiger partial charge in [-0.1, -0.05) is 20.3 Å². The van der Waals surface area contributed by atoms with Crippen LogP contribution in [0.15, 0.2) is 4.99 Å². The highest BCUT2D eigenvalue weighted by Crippen LogP contribution is 2.11. The summed E-state index contributed by atoms with van der Waals surface area (Å²) >= 11 is 0. The SMILES string of the molecule is CCC[C@H]1COC(CC)=N1. The van der Waals surface area contributed by atoms with Gasteiger partial charge < -0.3 is 4.74 Å². The van der Waals surface area contributed by atoms with Gasteiger partial charge in [0.05, 0.1) is 6.04 Å². The van der Waals surface area contributed by atoms with Crippen molar-refractivity contribution in [3.63, 3.8) is 0 Å². The molecule has 0 aromatic carbocycles. The summed E-state index contributed by atoms with van der Waals surface area (Å²) in [6, 6.07) is 0.458. The van der Waals surface area contributed by atoms with Crippen molar-refractivity contribution < 1.29 is 4.74 Å². The maximum Gasteiger partial charge on any atom is 0.183 e. The summed E-state index contributed by atoms with van der Waals surface area (Å²) in [5, 5.41) is 0. The number of ether oxygens (including phenoxy) is 1. The van der Waals surface area contributed by atoms with Gasteiger partial charge in [0.2, 0.25) is 0 Å². The van der Waals surface area contributed by atoms with Gasteiger partial charge in [0.15, 0.2) is 5.90 Å². The zero-order valence-corrected chi connectivity index (χ0v) is 6.76. The average molecular weight is 141 g/mol. The predicted octanol–water partition coefficient (Wildman–Crippen LogP) is 1.99. The summed E-state index contributed by atoms with van der Waals surface area (Å²) in [6.07, 6.45) is 3.32. The van der Waals surface area contributed by atoms with Crippen LogP contribution in [0.25, 0.3) is 0 Å². The minimum Gasteiger partial charge on any atom is -0.479 e. The van der Waals surface area contributed by atoms with Crippen molar-refractivity contribution in [3.8, 4) is 0 Å². The Bertz CT molecular complexity index is 131. The zero-order chi connectivity index (χ0) is 7.40. The van der Waals surface area contributed by atoms with E-state index in [0.717, 1.165) is 18.9 Å². The Balaban J connectivity index is 2.32. The smallest absolute Gasteiger partial charge is 0.183 e. The number of nitrogens with zero attached hydrogens (tertiary/aromatic N) is 1. The molecule has 0 amide bonds. The molecule has 0 bridgehead atoms. The fraction of sp³-hybridized carbons (Fsp3) is 0.875. The first kappa shape index (κ1) is 7.58. The van der Waals surface area contributed by atoms with Crippen molar-refractivity contribution >= 4 is 5.90 Å². The predicted molar refractivity (Wildman–Crippen MR) is 42.4 cm³/mol. The van der Waals surface area contributed by atoms with E-state index in [9.17, 15) is 0 Å². The maximum absolute atomic E-state index is 5.32. The third-order valence-electron chi connectivity index (χ3n) is 1.69. The van der Waals surface area contributed by atoms with Gasteiger partial charge in [0.1, 0.15) is 6.61 Å². The van der Waals surface area contributed by atoms with E-state index in [2.05, 4.69) is 18.8 Å². The van der Waals surface area contributed by atoms with Gasteiger partial charge in [-0.2, -0.15) is 0 Å². The number of hydrogen-bond donors (Lipinski definition) is 0. The normalized spacial score (nSPS) is 24.2. The molecule has 58 valence electrons. The van der Waals surface area contributed by atoms with Gasteiger partial charge in [0, 0.05) is 6.42 Å². The van der Waals surface area contributed by atoms with E-state index in [1.54, 1.807) is 0 Å². The second-order valence-corrected chi connectivity index (χ2v) is 2.63. The van der Waals surface area contributed by atoms with Crippen LogP contribution in [0.5, 0.6) is 0 Å². The van der Waals surface area contributed by atoms with Crippen LogP contribution in [-0.4, -0.2) is 18.5 Å². The molecule has 0 unspecified atom stereocenters. The summed E-state index contributed by atoms with van der Waals surface area (Å²) < 4.78 is 5.32. The van der Waals surface area contributed by atoms with Crippen molar-refractivity contribution in [2.24, 2.45) is 4.99 Å². The molecule has 0 spiro atoms. The van der Waals surface area contributed by atoms with Gasteiger partial charge in [-0.25, -0.2) is 4.99 Å². The third-order valence-corrected chi connectivity index (χ3v) is 1.69. The van der Waals surface area contributed by atoms with Gasteiger partial charge in [-0.15, -0.1) is 0 Å². The topological polar surface area (TPSA) is 21.6 Å². The molecule has 0 radical (unpaired) electrons. The maximum atomic E-state index is 5.32. The lowest BCUT2D eigenvalue weighted by Crippen LogP contribution is -2.04. The van der Waals surface area contributed by atoms with E-state index in [1.165, 1.54) is 12.8 Å². The fourth-order valence-corrected chi connectivity index (χ4v) is 1.15. The molecule has 0 saturated heterocycles. The first-order valence-corrected chi connectivity index (χ1v) is 4.06. The molecule has 2 nitrogen and oxygen atoms in total. The van der Waals surface area contributed by atoms with Crippen molar-refractivity contribution in [1.82, 2.24) is 0 Å². The molecule has 1 aliphatic rings. The van der Waals surface area contributed by atoms with E-state index in [4.69, 9.17) is 4.74 Å². The minimum atomic E-state index is 0.458. The summed E-state index contributed by atoms with van der Waals surface area (Å²) in [4.78, 5) is 4.39. The highest BCUT2D eigenvalue weighted by Gasteiger charge is 2.15. The van der Waals surface area contributed by atoms with Crippen LogP contribution in [0.1, 0.15) is 33.1 Å². The first-order valence-electron chi connectivity index (χ1n) is 4.06. The molecule has 1 rings (SSSR count). The molecule has 0 aromatic heterocycles. The van der Waals surface area contributed by atoms with Crippen molar-refractivity contribution in [1.29, 1.82) is 0 Å². The lowest BCUT2D eigenvalue weighted by atomic mass is 10.2. The Morgan fingerprint density at radius 3 is 2.90 bits per heavy atom. The molecule has 2 heteroatoms. The monoisotopic (exact) mass is 141 g/mol. The lowest BCUT2D eigenvalue weighted by Gasteiger charge is -1.99. The molecule has 1 atom stereocenters. The van der Waals surface area contributed by atoms with Crippen LogP contribution in [0.3, 0.4) is 0 Å². The molecule has 0 fully saturated rings. The second kappa shape index (κ2) is 3.59. The number of aliphatic imine (C=N–C) groups is 1. The molecule has 1 heterocycles. The van der Waals surface area contributed by atoms with E-state index in [0.29, 0.717) is 6.04 Å². The van der Waals surface area contributed by atoms with Crippen LogP contribution in [0.4, 0.5) is 0 Å². The summed E-state index contributed by atoms with van der Waals surface area (Å²) in [7, 11) is 0. The Kier molecular flexibility index (Phi) is 2.72. The second-order valence-electron chi connectivity index (χ2n) is 2.63. The Morgan fingerprint density at radius 2 is 2.40 bits per heavy atom. The summed E-state index contributed by atoms with van der Waals surface area (Å²) in [6.45, 7) is 5.07. The quantitative estimate of drug-likeness (QED) is 0.589. The van der Waals surface area contributed by atoms with Gasteiger partial charge >= 0.3 is 0 Å². The molecule has 10 heavy (non-hydrogen) atoms. The Morgan fingerprint density at radius 1 is 1.60 bits per heavy atom. The number of hydrogen-bond acceptors (Lipinski definition) is 2. The van der Waals surface area contributed by atoms with Crippen LogP contribution in [0.2, 0.25) is 0 Å². The summed E-state index contributed by atoms with van der Waals surface area (Å²) in [5.41, 5.74) is 0. The van der Waals surface area contributed by atoms with Crippen LogP contribution in [0, 0.1) is 0 Å². The van der Waals surface area contributed by atoms with E-state index in [-0.39, 0.29) is 0 Å². The lowest BCUT2D eigenvalue weighted by molar-refractivity contribution is 0.305. The van der Waals surface area contributed by atoms with E-state index >= 15 is 0 Å². The third kappa shape index (κ3) is 1.72. The van der Waals surface area contributed by atoms with Crippen molar-refractivity contribution in [2.45, 2.75) is 39.2 Å². The minimum absolute atomic E-state index is 0.458. The molecule has 0 aromatic rings. The fourth-order valence-electron chi connectivity index (χ4n) is 1.15. The van der Waals surface area contributed by atoms with Gasteiger partial charge in [-0.3, -0.25) is 0 Å². The standard InChI is InChI=1S/C8H15NO/c1-3-5-7-6-10-8(4-2)9-7/h7H,3-6H2,1-2H3/t7-/m0/s1. The zero-order valence-electron chi connectivity index (χ0n) is 6.76. The van der Waals surface area contributed by atoms with Crippen LogP contribution in [-0.2, 0) is 4.74 Å².